The van der Waals surface area contributed by atoms with Crippen LogP contribution < -0.4 is 5.73 Å². The van der Waals surface area contributed by atoms with Gasteiger partial charge in [0.05, 0.1) is 5.69 Å². The molecular formula is C14H24N4. The van der Waals surface area contributed by atoms with Gasteiger partial charge >= 0.3 is 0 Å². The van der Waals surface area contributed by atoms with Crippen molar-refractivity contribution in [2.24, 2.45) is 11.7 Å². The average Bonchev–Trinajstić information content (AvgIpc) is 2.48. The van der Waals surface area contributed by atoms with E-state index < -0.39 is 0 Å². The number of hydrogen-bond acceptors (Lipinski definition) is 4. The van der Waals surface area contributed by atoms with Crippen molar-refractivity contribution in [2.45, 2.75) is 19.5 Å². The molecule has 1 aromatic heterocycles. The number of pyridine rings is 1. The van der Waals surface area contributed by atoms with E-state index in [2.05, 4.69) is 34.8 Å². The fraction of sp³-hybridized carbons (Fsp3) is 0.643. The van der Waals surface area contributed by atoms with E-state index in [1.54, 1.807) is 0 Å². The molecule has 0 aliphatic carbocycles. The van der Waals surface area contributed by atoms with E-state index in [1.165, 1.54) is 0 Å². The van der Waals surface area contributed by atoms with E-state index in [4.69, 9.17) is 5.73 Å². The van der Waals surface area contributed by atoms with Gasteiger partial charge in [-0.2, -0.15) is 0 Å². The molecule has 1 aliphatic heterocycles. The van der Waals surface area contributed by atoms with Gasteiger partial charge in [-0.05, 0) is 25.1 Å². The van der Waals surface area contributed by atoms with E-state index in [-0.39, 0.29) is 0 Å². The van der Waals surface area contributed by atoms with E-state index in [0.717, 1.165) is 31.9 Å². The third-order valence-corrected chi connectivity index (χ3v) is 3.57. The van der Waals surface area contributed by atoms with Crippen molar-refractivity contribution in [3.05, 3.63) is 30.1 Å². The second-order valence-corrected chi connectivity index (χ2v) is 5.47. The average molecular weight is 248 g/mol. The van der Waals surface area contributed by atoms with Crippen LogP contribution in [0.15, 0.2) is 24.4 Å². The third kappa shape index (κ3) is 3.51. The van der Waals surface area contributed by atoms with E-state index >= 15 is 0 Å². The molecule has 2 rings (SSSR count). The lowest BCUT2D eigenvalue weighted by Gasteiger charge is -2.30. The van der Waals surface area contributed by atoms with Gasteiger partial charge < -0.3 is 10.6 Å². The summed E-state index contributed by atoms with van der Waals surface area (Å²) in [7, 11) is 2.18. The minimum absolute atomic E-state index is 0.432. The lowest BCUT2D eigenvalue weighted by atomic mass is 10.1. The van der Waals surface area contributed by atoms with Crippen LogP contribution in [-0.4, -0.2) is 54.1 Å². The second kappa shape index (κ2) is 6.27. The molecule has 2 N–H and O–H groups in total. The van der Waals surface area contributed by atoms with Gasteiger partial charge in [-0.1, -0.05) is 13.0 Å². The summed E-state index contributed by atoms with van der Waals surface area (Å²) in [5.74, 6) is 0.676. The molecular weight excluding hydrogens is 224 g/mol. The zero-order valence-corrected chi connectivity index (χ0v) is 11.4. The van der Waals surface area contributed by atoms with E-state index in [1.807, 2.05) is 18.3 Å². The van der Waals surface area contributed by atoms with Crippen LogP contribution in [0.1, 0.15) is 12.6 Å². The molecule has 1 fully saturated rings. The second-order valence-electron chi connectivity index (χ2n) is 5.47. The summed E-state index contributed by atoms with van der Waals surface area (Å²) in [6, 6.07) is 6.53. The zero-order valence-electron chi connectivity index (χ0n) is 11.4. The highest BCUT2D eigenvalue weighted by molar-refractivity contribution is 5.04. The van der Waals surface area contributed by atoms with Crippen LogP contribution in [0.5, 0.6) is 0 Å². The SMILES string of the molecule is CC1CN(C)CC(CN)N(Cc2ccccn2)C1. The van der Waals surface area contributed by atoms with E-state index in [0.29, 0.717) is 18.5 Å². The standard InChI is InChI=1S/C14H24N4/c1-12-8-17(2)11-14(7-15)18(9-12)10-13-5-3-4-6-16-13/h3-6,12,14H,7-11,15H2,1-2H3. The molecule has 1 aromatic rings. The normalized spacial score (nSPS) is 27.1. The first-order valence-corrected chi connectivity index (χ1v) is 6.71. The molecule has 2 heterocycles. The minimum atomic E-state index is 0.432. The first kappa shape index (κ1) is 13.5. The van der Waals surface area contributed by atoms with Crippen LogP contribution in [0.2, 0.25) is 0 Å². The summed E-state index contributed by atoms with van der Waals surface area (Å²) in [5, 5.41) is 0. The number of hydrogen-bond donors (Lipinski definition) is 1. The van der Waals surface area contributed by atoms with Crippen LogP contribution in [0, 0.1) is 5.92 Å². The molecule has 1 saturated heterocycles. The molecule has 0 saturated carbocycles. The van der Waals surface area contributed by atoms with Crippen molar-refractivity contribution in [2.75, 3.05) is 33.2 Å². The molecule has 4 nitrogen and oxygen atoms in total. The number of nitrogens with zero attached hydrogens (tertiary/aromatic N) is 3. The lowest BCUT2D eigenvalue weighted by molar-refractivity contribution is 0.176. The van der Waals surface area contributed by atoms with Gasteiger partial charge in [0, 0.05) is 45.0 Å². The summed E-state index contributed by atoms with van der Waals surface area (Å²) in [6.45, 7) is 7.22. The first-order valence-electron chi connectivity index (χ1n) is 6.71. The molecule has 0 radical (unpaired) electrons. The highest BCUT2D eigenvalue weighted by Crippen LogP contribution is 2.15. The van der Waals surface area contributed by atoms with Gasteiger partial charge in [-0.15, -0.1) is 0 Å². The molecule has 0 aromatic carbocycles. The van der Waals surface area contributed by atoms with Crippen molar-refractivity contribution in [3.63, 3.8) is 0 Å². The molecule has 2 unspecified atom stereocenters. The summed E-state index contributed by atoms with van der Waals surface area (Å²) in [4.78, 5) is 9.29. The Morgan fingerprint density at radius 3 is 2.83 bits per heavy atom. The number of likely N-dealkylation sites (N-methyl/N-ethyl adjacent to an activating group) is 1. The maximum absolute atomic E-state index is 5.94. The van der Waals surface area contributed by atoms with Crippen LogP contribution in [0.4, 0.5) is 0 Å². The summed E-state index contributed by atoms with van der Waals surface area (Å²) in [5.41, 5.74) is 7.07. The van der Waals surface area contributed by atoms with Crippen molar-refractivity contribution in [3.8, 4) is 0 Å². The summed E-state index contributed by atoms with van der Waals surface area (Å²) < 4.78 is 0. The third-order valence-electron chi connectivity index (χ3n) is 3.57. The largest absolute Gasteiger partial charge is 0.329 e. The maximum atomic E-state index is 5.94. The Bertz CT molecular complexity index is 354. The number of nitrogens with two attached hydrogens (primary N) is 1. The summed E-state index contributed by atoms with van der Waals surface area (Å²) >= 11 is 0. The number of aromatic nitrogens is 1. The minimum Gasteiger partial charge on any atom is -0.329 e. The molecule has 2 atom stereocenters. The molecule has 0 spiro atoms. The quantitative estimate of drug-likeness (QED) is 0.859. The predicted molar refractivity (Wildman–Crippen MR) is 74.2 cm³/mol. The fourth-order valence-electron chi connectivity index (χ4n) is 2.81. The van der Waals surface area contributed by atoms with Gasteiger partial charge in [0.1, 0.15) is 0 Å². The molecule has 4 heteroatoms. The molecule has 0 bridgehead atoms. The fourth-order valence-corrected chi connectivity index (χ4v) is 2.81. The smallest absolute Gasteiger partial charge is 0.0544 e. The van der Waals surface area contributed by atoms with Gasteiger partial charge in [0.2, 0.25) is 0 Å². The van der Waals surface area contributed by atoms with Gasteiger partial charge in [0.25, 0.3) is 0 Å². The van der Waals surface area contributed by atoms with Crippen molar-refractivity contribution in [1.82, 2.24) is 14.8 Å². The lowest BCUT2D eigenvalue weighted by Crippen LogP contribution is -2.45. The monoisotopic (exact) mass is 248 g/mol. The highest BCUT2D eigenvalue weighted by atomic mass is 15.2. The van der Waals surface area contributed by atoms with Gasteiger partial charge in [-0.25, -0.2) is 0 Å². The van der Waals surface area contributed by atoms with Crippen molar-refractivity contribution in [1.29, 1.82) is 0 Å². The Kier molecular flexibility index (Phi) is 4.69. The molecule has 0 amide bonds. The topological polar surface area (TPSA) is 45.4 Å². The Morgan fingerprint density at radius 2 is 2.17 bits per heavy atom. The van der Waals surface area contributed by atoms with Crippen molar-refractivity contribution < 1.29 is 0 Å². The predicted octanol–water partition coefficient (Wildman–Crippen LogP) is 0.792. The Labute approximate surface area is 110 Å². The van der Waals surface area contributed by atoms with Crippen LogP contribution in [-0.2, 0) is 6.54 Å². The Hall–Kier alpha value is -0.970. The van der Waals surface area contributed by atoms with Crippen LogP contribution in [0.25, 0.3) is 0 Å². The van der Waals surface area contributed by atoms with Gasteiger partial charge in [0.15, 0.2) is 0 Å². The highest BCUT2D eigenvalue weighted by Gasteiger charge is 2.25. The van der Waals surface area contributed by atoms with Gasteiger partial charge in [-0.3, -0.25) is 9.88 Å². The Balaban J connectivity index is 2.08. The maximum Gasteiger partial charge on any atom is 0.0544 e. The summed E-state index contributed by atoms with van der Waals surface area (Å²) in [6.07, 6.45) is 1.86. The molecule has 1 aliphatic rings. The van der Waals surface area contributed by atoms with Crippen LogP contribution in [0.3, 0.4) is 0 Å². The van der Waals surface area contributed by atoms with Crippen LogP contribution >= 0.6 is 0 Å². The first-order chi connectivity index (χ1) is 8.69. The molecule has 100 valence electrons. The Morgan fingerprint density at radius 1 is 1.33 bits per heavy atom. The van der Waals surface area contributed by atoms with Crippen molar-refractivity contribution >= 4 is 0 Å². The zero-order chi connectivity index (χ0) is 13.0. The number of rotatable bonds is 3. The molecule has 18 heavy (non-hydrogen) atoms. The van der Waals surface area contributed by atoms with E-state index in [9.17, 15) is 0 Å².